The number of halogens is 1. The Bertz CT molecular complexity index is 228. The molecule has 0 atom stereocenters. The highest BCUT2D eigenvalue weighted by Crippen LogP contribution is 2.17. The van der Waals surface area contributed by atoms with Crippen molar-refractivity contribution in [1.82, 2.24) is 0 Å². The first kappa shape index (κ1) is 7.80. The lowest BCUT2D eigenvalue weighted by Gasteiger charge is -1.99. The fourth-order valence-electron chi connectivity index (χ4n) is 0.856. The van der Waals surface area contributed by atoms with E-state index < -0.39 is 0 Å². The van der Waals surface area contributed by atoms with Gasteiger partial charge in [-0.3, -0.25) is 0 Å². The molecule has 0 heterocycles. The van der Waals surface area contributed by atoms with Gasteiger partial charge in [0.05, 0.1) is 0 Å². The van der Waals surface area contributed by atoms with Gasteiger partial charge in [0.15, 0.2) is 0 Å². The summed E-state index contributed by atoms with van der Waals surface area (Å²) >= 11 is 3.49. The fraction of sp³-hybridized carbons (Fsp3) is 0.333. The van der Waals surface area contributed by atoms with E-state index >= 15 is 0 Å². The first-order valence-electron chi connectivity index (χ1n) is 3.49. The Labute approximate surface area is 70.4 Å². The number of benzene rings is 1. The Morgan fingerprint density at radius 2 is 2.10 bits per heavy atom. The molecule has 0 amide bonds. The lowest BCUT2D eigenvalue weighted by atomic mass is 10.1. The van der Waals surface area contributed by atoms with Crippen molar-refractivity contribution in [2.45, 2.75) is 20.3 Å². The number of aryl methyl sites for hydroxylation is 2. The molecule has 0 bridgehead atoms. The van der Waals surface area contributed by atoms with E-state index in [1.54, 1.807) is 0 Å². The van der Waals surface area contributed by atoms with Gasteiger partial charge in [-0.05, 0) is 30.5 Å². The molecule has 0 spiro atoms. The second-order valence-electron chi connectivity index (χ2n) is 2.44. The van der Waals surface area contributed by atoms with E-state index in [0.29, 0.717) is 0 Å². The van der Waals surface area contributed by atoms with E-state index in [9.17, 15) is 0 Å². The van der Waals surface area contributed by atoms with Crippen LogP contribution in [0, 0.1) is 6.92 Å². The average molecular weight is 199 g/mol. The van der Waals surface area contributed by atoms with Gasteiger partial charge in [0, 0.05) is 4.47 Å². The molecule has 0 fully saturated rings. The Hall–Kier alpha value is -0.300. The smallest absolute Gasteiger partial charge is 0.0207 e. The molecule has 0 unspecified atom stereocenters. The van der Waals surface area contributed by atoms with Crippen LogP contribution in [-0.2, 0) is 6.42 Å². The van der Waals surface area contributed by atoms with E-state index in [2.05, 4.69) is 48.0 Å². The second kappa shape index (κ2) is 3.20. The zero-order valence-electron chi connectivity index (χ0n) is 6.32. The summed E-state index contributed by atoms with van der Waals surface area (Å²) in [7, 11) is 0. The Morgan fingerprint density at radius 3 is 2.60 bits per heavy atom. The summed E-state index contributed by atoms with van der Waals surface area (Å²) in [5.74, 6) is 0. The molecular weight excluding hydrogens is 188 g/mol. The average Bonchev–Trinajstić information content (AvgIpc) is 1.95. The number of hydrogen-bond donors (Lipinski definition) is 0. The zero-order valence-corrected chi connectivity index (χ0v) is 7.90. The largest absolute Gasteiger partial charge is 0.0613 e. The van der Waals surface area contributed by atoms with Crippen molar-refractivity contribution < 1.29 is 0 Å². The van der Waals surface area contributed by atoms with Crippen molar-refractivity contribution >= 4 is 15.9 Å². The molecule has 1 aromatic rings. The topological polar surface area (TPSA) is 0 Å². The van der Waals surface area contributed by atoms with Crippen LogP contribution in [0.1, 0.15) is 18.1 Å². The molecule has 10 heavy (non-hydrogen) atoms. The van der Waals surface area contributed by atoms with Crippen LogP contribution in [-0.4, -0.2) is 0 Å². The van der Waals surface area contributed by atoms with Crippen molar-refractivity contribution in [1.29, 1.82) is 0 Å². The predicted octanol–water partition coefficient (Wildman–Crippen LogP) is 3.32. The monoisotopic (exact) mass is 198 g/mol. The Morgan fingerprint density at radius 1 is 1.40 bits per heavy atom. The standard InChI is InChI=1S/C9H11Br/c1-3-8-5-4-7(2)9(10)6-8/h4-6H,3H2,1-2H3. The lowest BCUT2D eigenvalue weighted by Crippen LogP contribution is -1.81. The molecule has 54 valence electrons. The third-order valence-electron chi connectivity index (χ3n) is 1.64. The van der Waals surface area contributed by atoms with Crippen molar-refractivity contribution in [2.75, 3.05) is 0 Å². The third kappa shape index (κ3) is 1.60. The van der Waals surface area contributed by atoms with E-state index in [4.69, 9.17) is 0 Å². The number of hydrogen-bond acceptors (Lipinski definition) is 0. The van der Waals surface area contributed by atoms with Crippen LogP contribution in [0.25, 0.3) is 0 Å². The second-order valence-corrected chi connectivity index (χ2v) is 3.29. The fourth-order valence-corrected chi connectivity index (χ4v) is 1.28. The summed E-state index contributed by atoms with van der Waals surface area (Å²) in [5, 5.41) is 0. The molecule has 0 aliphatic rings. The van der Waals surface area contributed by atoms with Crippen molar-refractivity contribution in [3.8, 4) is 0 Å². The molecular formula is C9H11Br. The first-order chi connectivity index (χ1) is 4.74. The van der Waals surface area contributed by atoms with Crippen LogP contribution in [0.5, 0.6) is 0 Å². The maximum absolute atomic E-state index is 3.49. The van der Waals surface area contributed by atoms with Gasteiger partial charge in [-0.2, -0.15) is 0 Å². The third-order valence-corrected chi connectivity index (χ3v) is 2.50. The minimum Gasteiger partial charge on any atom is -0.0613 e. The van der Waals surface area contributed by atoms with Gasteiger partial charge in [-0.1, -0.05) is 35.0 Å². The molecule has 1 heteroatoms. The molecule has 0 saturated carbocycles. The highest BCUT2D eigenvalue weighted by Gasteiger charge is 1.93. The molecule has 0 aliphatic carbocycles. The van der Waals surface area contributed by atoms with Crippen LogP contribution < -0.4 is 0 Å². The van der Waals surface area contributed by atoms with Crippen LogP contribution >= 0.6 is 15.9 Å². The lowest BCUT2D eigenvalue weighted by molar-refractivity contribution is 1.13. The quantitative estimate of drug-likeness (QED) is 0.650. The Balaban J connectivity index is 3.04. The summed E-state index contributed by atoms with van der Waals surface area (Å²) in [6.45, 7) is 4.26. The number of rotatable bonds is 1. The SMILES string of the molecule is CCc1ccc(C)c(Br)c1. The molecule has 0 aromatic heterocycles. The highest BCUT2D eigenvalue weighted by molar-refractivity contribution is 9.10. The molecule has 1 rings (SSSR count). The summed E-state index contributed by atoms with van der Waals surface area (Å²) in [5.41, 5.74) is 2.69. The minimum absolute atomic E-state index is 1.11. The van der Waals surface area contributed by atoms with E-state index in [-0.39, 0.29) is 0 Å². The molecule has 0 aliphatic heterocycles. The van der Waals surface area contributed by atoms with Crippen LogP contribution in [0.2, 0.25) is 0 Å². The maximum Gasteiger partial charge on any atom is 0.0207 e. The van der Waals surface area contributed by atoms with Gasteiger partial charge in [-0.15, -0.1) is 0 Å². The maximum atomic E-state index is 3.49. The van der Waals surface area contributed by atoms with Crippen molar-refractivity contribution in [2.24, 2.45) is 0 Å². The molecule has 0 saturated heterocycles. The minimum atomic E-state index is 1.11. The van der Waals surface area contributed by atoms with Crippen LogP contribution in [0.15, 0.2) is 22.7 Å². The molecule has 0 radical (unpaired) electrons. The van der Waals surface area contributed by atoms with Gasteiger partial charge < -0.3 is 0 Å². The molecule has 1 aromatic carbocycles. The predicted molar refractivity (Wildman–Crippen MR) is 48.3 cm³/mol. The summed E-state index contributed by atoms with van der Waals surface area (Å²) in [6.07, 6.45) is 1.11. The first-order valence-corrected chi connectivity index (χ1v) is 4.28. The van der Waals surface area contributed by atoms with Crippen molar-refractivity contribution in [3.05, 3.63) is 33.8 Å². The van der Waals surface area contributed by atoms with Crippen LogP contribution in [0.4, 0.5) is 0 Å². The summed E-state index contributed by atoms with van der Waals surface area (Å²) in [6, 6.07) is 6.48. The zero-order chi connectivity index (χ0) is 7.56. The summed E-state index contributed by atoms with van der Waals surface area (Å²) < 4.78 is 1.21. The normalized spacial score (nSPS) is 9.90. The van der Waals surface area contributed by atoms with Gasteiger partial charge >= 0.3 is 0 Å². The van der Waals surface area contributed by atoms with E-state index in [1.165, 1.54) is 15.6 Å². The van der Waals surface area contributed by atoms with E-state index in [1.807, 2.05) is 0 Å². The van der Waals surface area contributed by atoms with E-state index in [0.717, 1.165) is 6.42 Å². The van der Waals surface area contributed by atoms with Gasteiger partial charge in [-0.25, -0.2) is 0 Å². The Kier molecular flexibility index (Phi) is 2.50. The van der Waals surface area contributed by atoms with Gasteiger partial charge in [0.25, 0.3) is 0 Å². The van der Waals surface area contributed by atoms with Crippen LogP contribution in [0.3, 0.4) is 0 Å². The molecule has 0 N–H and O–H groups in total. The highest BCUT2D eigenvalue weighted by atomic mass is 79.9. The van der Waals surface area contributed by atoms with Crippen molar-refractivity contribution in [3.63, 3.8) is 0 Å². The molecule has 0 nitrogen and oxygen atoms in total. The van der Waals surface area contributed by atoms with Gasteiger partial charge in [0.1, 0.15) is 0 Å². The summed E-state index contributed by atoms with van der Waals surface area (Å²) in [4.78, 5) is 0. The van der Waals surface area contributed by atoms with Gasteiger partial charge in [0.2, 0.25) is 0 Å².